The Morgan fingerprint density at radius 1 is 1.47 bits per heavy atom. The SMILES string of the molecule is Cc1nn(-c2cc(Br)ccc2N)cc1Cl. The van der Waals surface area contributed by atoms with E-state index in [4.69, 9.17) is 17.3 Å². The molecule has 0 radical (unpaired) electrons. The molecule has 3 nitrogen and oxygen atoms in total. The van der Waals surface area contributed by atoms with Crippen LogP contribution in [0.4, 0.5) is 5.69 Å². The van der Waals surface area contributed by atoms with Crippen LogP contribution in [-0.4, -0.2) is 9.78 Å². The Balaban J connectivity index is 2.58. The molecule has 0 spiro atoms. The third-order valence-electron chi connectivity index (χ3n) is 2.08. The van der Waals surface area contributed by atoms with E-state index in [0.717, 1.165) is 15.9 Å². The van der Waals surface area contributed by atoms with Gasteiger partial charge in [-0.3, -0.25) is 0 Å². The molecule has 1 heterocycles. The molecular formula is C10H9BrClN3. The molecule has 1 aromatic heterocycles. The quantitative estimate of drug-likeness (QED) is 0.818. The lowest BCUT2D eigenvalue weighted by atomic mass is 10.3. The van der Waals surface area contributed by atoms with Gasteiger partial charge < -0.3 is 5.73 Å². The molecule has 0 fully saturated rings. The molecule has 1 aromatic carbocycles. The molecule has 78 valence electrons. The van der Waals surface area contributed by atoms with Crippen LogP contribution in [0.25, 0.3) is 5.69 Å². The number of nitrogens with zero attached hydrogens (tertiary/aromatic N) is 2. The predicted octanol–water partition coefficient (Wildman–Crippen LogP) is 3.18. The Kier molecular flexibility index (Phi) is 2.71. The van der Waals surface area contributed by atoms with Gasteiger partial charge in [0.25, 0.3) is 0 Å². The Hall–Kier alpha value is -1.00. The molecule has 0 bridgehead atoms. The maximum Gasteiger partial charge on any atom is 0.0886 e. The second kappa shape index (κ2) is 3.87. The average Bonchev–Trinajstić information content (AvgIpc) is 2.51. The van der Waals surface area contributed by atoms with E-state index >= 15 is 0 Å². The fourth-order valence-electron chi connectivity index (χ4n) is 1.28. The molecule has 5 heteroatoms. The van der Waals surface area contributed by atoms with Crippen molar-refractivity contribution in [2.75, 3.05) is 5.73 Å². The van der Waals surface area contributed by atoms with Crippen molar-refractivity contribution in [3.05, 3.63) is 39.6 Å². The number of hydrogen-bond donors (Lipinski definition) is 1. The molecule has 2 rings (SSSR count). The zero-order chi connectivity index (χ0) is 11.0. The Morgan fingerprint density at radius 3 is 2.80 bits per heavy atom. The smallest absolute Gasteiger partial charge is 0.0886 e. The summed E-state index contributed by atoms with van der Waals surface area (Å²) < 4.78 is 2.63. The number of aromatic nitrogens is 2. The van der Waals surface area contributed by atoms with Gasteiger partial charge in [-0.05, 0) is 25.1 Å². The van der Waals surface area contributed by atoms with Crippen LogP contribution in [0.2, 0.25) is 5.02 Å². The van der Waals surface area contributed by atoms with Crippen LogP contribution in [-0.2, 0) is 0 Å². The molecule has 0 aliphatic carbocycles. The van der Waals surface area contributed by atoms with Crippen molar-refractivity contribution >= 4 is 33.2 Å². The predicted molar refractivity (Wildman–Crippen MR) is 65.4 cm³/mol. The Morgan fingerprint density at radius 2 is 2.20 bits per heavy atom. The van der Waals surface area contributed by atoms with Gasteiger partial charge in [0.1, 0.15) is 0 Å². The summed E-state index contributed by atoms with van der Waals surface area (Å²) in [5, 5.41) is 4.90. The Labute approximate surface area is 101 Å². The summed E-state index contributed by atoms with van der Waals surface area (Å²) >= 11 is 9.32. The summed E-state index contributed by atoms with van der Waals surface area (Å²) in [6, 6.07) is 5.61. The van der Waals surface area contributed by atoms with Crippen LogP contribution in [0, 0.1) is 6.92 Å². The second-order valence-electron chi connectivity index (χ2n) is 3.21. The van der Waals surface area contributed by atoms with Crippen LogP contribution in [0.5, 0.6) is 0 Å². The molecular weight excluding hydrogens is 277 g/mol. The molecule has 0 unspecified atom stereocenters. The maximum atomic E-state index is 5.94. The van der Waals surface area contributed by atoms with Crippen molar-refractivity contribution in [3.63, 3.8) is 0 Å². The zero-order valence-electron chi connectivity index (χ0n) is 8.04. The maximum absolute atomic E-state index is 5.94. The number of nitrogens with two attached hydrogens (primary N) is 1. The van der Waals surface area contributed by atoms with Gasteiger partial charge in [0.05, 0.1) is 22.1 Å². The Bertz CT molecular complexity index is 488. The van der Waals surface area contributed by atoms with Gasteiger partial charge in [0.2, 0.25) is 0 Å². The number of hydrogen-bond acceptors (Lipinski definition) is 2. The highest BCUT2D eigenvalue weighted by molar-refractivity contribution is 9.10. The summed E-state index contributed by atoms with van der Waals surface area (Å²) in [7, 11) is 0. The summed E-state index contributed by atoms with van der Waals surface area (Å²) in [6.07, 6.45) is 1.75. The van der Waals surface area contributed by atoms with Crippen molar-refractivity contribution in [1.29, 1.82) is 0 Å². The molecule has 0 saturated carbocycles. The molecule has 0 aliphatic heterocycles. The molecule has 15 heavy (non-hydrogen) atoms. The number of halogens is 2. The lowest BCUT2D eigenvalue weighted by Crippen LogP contribution is -2.00. The second-order valence-corrected chi connectivity index (χ2v) is 4.53. The van der Waals surface area contributed by atoms with Gasteiger partial charge >= 0.3 is 0 Å². The number of nitrogen functional groups attached to an aromatic ring is 1. The molecule has 0 saturated heterocycles. The van der Waals surface area contributed by atoms with E-state index in [-0.39, 0.29) is 0 Å². The number of rotatable bonds is 1. The summed E-state index contributed by atoms with van der Waals surface area (Å²) in [5.74, 6) is 0. The van der Waals surface area contributed by atoms with Gasteiger partial charge in [0, 0.05) is 10.7 Å². The number of anilines is 1. The fourth-order valence-corrected chi connectivity index (χ4v) is 1.76. The fraction of sp³-hybridized carbons (Fsp3) is 0.100. The van der Waals surface area contributed by atoms with Gasteiger partial charge in [-0.25, -0.2) is 4.68 Å². The lowest BCUT2D eigenvalue weighted by molar-refractivity contribution is 0.864. The first-order valence-electron chi connectivity index (χ1n) is 4.35. The first-order chi connectivity index (χ1) is 7.08. The van der Waals surface area contributed by atoms with E-state index in [1.54, 1.807) is 10.9 Å². The molecule has 2 N–H and O–H groups in total. The highest BCUT2D eigenvalue weighted by Crippen LogP contribution is 2.24. The van der Waals surface area contributed by atoms with Gasteiger partial charge in [-0.2, -0.15) is 5.10 Å². The minimum Gasteiger partial charge on any atom is -0.397 e. The minimum atomic E-state index is 0.634. The zero-order valence-corrected chi connectivity index (χ0v) is 10.4. The molecule has 0 amide bonds. The summed E-state index contributed by atoms with van der Waals surface area (Å²) in [4.78, 5) is 0. The largest absolute Gasteiger partial charge is 0.397 e. The van der Waals surface area contributed by atoms with Crippen molar-refractivity contribution < 1.29 is 0 Å². The van der Waals surface area contributed by atoms with Crippen molar-refractivity contribution in [3.8, 4) is 5.69 Å². The minimum absolute atomic E-state index is 0.634. The van der Waals surface area contributed by atoms with Crippen LogP contribution in [0.1, 0.15) is 5.69 Å². The lowest BCUT2D eigenvalue weighted by Gasteiger charge is -2.05. The van der Waals surface area contributed by atoms with Crippen LogP contribution in [0.3, 0.4) is 0 Å². The number of aryl methyl sites for hydroxylation is 1. The van der Waals surface area contributed by atoms with E-state index in [0.29, 0.717) is 10.7 Å². The normalized spacial score (nSPS) is 10.6. The topological polar surface area (TPSA) is 43.8 Å². The van der Waals surface area contributed by atoms with Crippen molar-refractivity contribution in [2.45, 2.75) is 6.92 Å². The monoisotopic (exact) mass is 285 g/mol. The first kappa shape index (κ1) is 10.5. The van der Waals surface area contributed by atoms with Gasteiger partial charge in [0.15, 0.2) is 0 Å². The van der Waals surface area contributed by atoms with Crippen molar-refractivity contribution in [1.82, 2.24) is 9.78 Å². The van der Waals surface area contributed by atoms with Crippen LogP contribution >= 0.6 is 27.5 Å². The van der Waals surface area contributed by atoms with E-state index in [2.05, 4.69) is 21.0 Å². The molecule has 2 aromatic rings. The molecule has 0 aliphatic rings. The van der Waals surface area contributed by atoms with E-state index in [1.165, 1.54) is 0 Å². The standard InChI is InChI=1S/C10H9BrClN3/c1-6-8(12)5-15(14-6)10-4-7(11)2-3-9(10)13/h2-5H,13H2,1H3. The van der Waals surface area contributed by atoms with Crippen LogP contribution in [0.15, 0.2) is 28.9 Å². The third-order valence-corrected chi connectivity index (χ3v) is 2.94. The number of benzene rings is 1. The highest BCUT2D eigenvalue weighted by Gasteiger charge is 2.07. The van der Waals surface area contributed by atoms with E-state index in [9.17, 15) is 0 Å². The van der Waals surface area contributed by atoms with Crippen molar-refractivity contribution in [2.24, 2.45) is 0 Å². The summed E-state index contributed by atoms with van der Waals surface area (Å²) in [6.45, 7) is 1.85. The summed E-state index contributed by atoms with van der Waals surface area (Å²) in [5.41, 5.74) is 8.13. The van der Waals surface area contributed by atoms with Gasteiger partial charge in [-0.15, -0.1) is 0 Å². The molecule has 0 atom stereocenters. The van der Waals surface area contributed by atoms with Crippen LogP contribution < -0.4 is 5.73 Å². The third kappa shape index (κ3) is 2.01. The first-order valence-corrected chi connectivity index (χ1v) is 5.52. The van der Waals surface area contributed by atoms with E-state index in [1.807, 2.05) is 25.1 Å². The highest BCUT2D eigenvalue weighted by atomic mass is 79.9. The van der Waals surface area contributed by atoms with E-state index < -0.39 is 0 Å². The van der Waals surface area contributed by atoms with Gasteiger partial charge in [-0.1, -0.05) is 27.5 Å². The average molecular weight is 287 g/mol.